The van der Waals surface area contributed by atoms with Crippen molar-refractivity contribution in [2.75, 3.05) is 0 Å². The second-order valence-electron chi connectivity index (χ2n) is 7.22. The van der Waals surface area contributed by atoms with Crippen molar-refractivity contribution in [1.82, 2.24) is 9.99 Å². The second kappa shape index (κ2) is 8.64. The van der Waals surface area contributed by atoms with Gasteiger partial charge < -0.3 is 4.57 Å². The van der Waals surface area contributed by atoms with E-state index in [0.29, 0.717) is 6.54 Å². The first kappa shape index (κ1) is 20.0. The van der Waals surface area contributed by atoms with Crippen LogP contribution >= 0.6 is 0 Å². The number of fused-ring (bicyclic) bond motifs is 1. The zero-order chi connectivity index (χ0) is 21.8. The molecule has 0 aliphatic carbocycles. The van der Waals surface area contributed by atoms with Gasteiger partial charge in [0.25, 0.3) is 5.91 Å². The van der Waals surface area contributed by atoms with Crippen molar-refractivity contribution < 1.29 is 9.18 Å². The molecular formula is C25H19FN4O. The molecule has 1 aromatic heterocycles. The Kier molecular flexibility index (Phi) is 5.59. The number of hydrogen-bond acceptors (Lipinski definition) is 3. The molecule has 0 radical (unpaired) electrons. The van der Waals surface area contributed by atoms with E-state index in [0.717, 1.165) is 22.5 Å². The van der Waals surface area contributed by atoms with E-state index in [2.05, 4.69) is 40.2 Å². The van der Waals surface area contributed by atoms with Gasteiger partial charge in [-0.15, -0.1) is 0 Å². The first-order valence-corrected chi connectivity index (χ1v) is 9.71. The first-order valence-electron chi connectivity index (χ1n) is 9.71. The summed E-state index contributed by atoms with van der Waals surface area (Å²) < 4.78 is 16.2. The number of nitriles is 1. The van der Waals surface area contributed by atoms with Gasteiger partial charge in [-0.1, -0.05) is 48.0 Å². The molecule has 0 atom stereocenters. The largest absolute Gasteiger partial charge is 0.342 e. The number of rotatable bonds is 5. The van der Waals surface area contributed by atoms with Crippen molar-refractivity contribution in [1.29, 1.82) is 5.26 Å². The van der Waals surface area contributed by atoms with Gasteiger partial charge in [0, 0.05) is 29.2 Å². The Morgan fingerprint density at radius 3 is 2.77 bits per heavy atom. The smallest absolute Gasteiger partial charge is 0.274 e. The monoisotopic (exact) mass is 410 g/mol. The molecule has 4 aromatic rings. The van der Waals surface area contributed by atoms with Crippen LogP contribution in [0.3, 0.4) is 0 Å². The lowest BCUT2D eigenvalue weighted by Crippen LogP contribution is -2.19. The molecule has 5 nitrogen and oxygen atoms in total. The molecule has 0 saturated heterocycles. The Labute approximate surface area is 179 Å². The molecule has 0 bridgehead atoms. The molecule has 1 amide bonds. The van der Waals surface area contributed by atoms with Gasteiger partial charge in [-0.2, -0.15) is 10.4 Å². The first-order chi connectivity index (χ1) is 15.0. The maximum atomic E-state index is 14.0. The van der Waals surface area contributed by atoms with Gasteiger partial charge in [0.1, 0.15) is 5.82 Å². The van der Waals surface area contributed by atoms with Gasteiger partial charge in [-0.25, -0.2) is 9.82 Å². The number of aryl methyl sites for hydroxylation is 1. The lowest BCUT2D eigenvalue weighted by Gasteiger charge is -2.06. The van der Waals surface area contributed by atoms with E-state index in [1.807, 2.05) is 42.6 Å². The minimum atomic E-state index is -0.762. The number of nitrogens with one attached hydrogen (secondary N) is 1. The molecule has 1 N–H and O–H groups in total. The molecule has 0 saturated carbocycles. The Hall–Kier alpha value is -4.24. The molecule has 3 aromatic carbocycles. The third kappa shape index (κ3) is 4.36. The lowest BCUT2D eigenvalue weighted by molar-refractivity contribution is 0.0951. The number of halogens is 1. The fraction of sp³-hybridized carbons (Fsp3) is 0.0800. The van der Waals surface area contributed by atoms with E-state index in [4.69, 9.17) is 5.26 Å². The van der Waals surface area contributed by atoms with Crippen LogP contribution < -0.4 is 5.43 Å². The van der Waals surface area contributed by atoms with E-state index in [-0.39, 0.29) is 11.1 Å². The molecule has 0 aliphatic rings. The predicted molar refractivity (Wildman–Crippen MR) is 118 cm³/mol. The molecule has 152 valence electrons. The normalized spacial score (nSPS) is 11.0. The Morgan fingerprint density at radius 1 is 1.16 bits per heavy atom. The van der Waals surface area contributed by atoms with Crippen LogP contribution in [0.5, 0.6) is 0 Å². The fourth-order valence-electron chi connectivity index (χ4n) is 3.51. The second-order valence-corrected chi connectivity index (χ2v) is 7.22. The maximum absolute atomic E-state index is 14.0. The number of nitrogens with zero attached hydrogens (tertiary/aromatic N) is 3. The summed E-state index contributed by atoms with van der Waals surface area (Å²) in [6.45, 7) is 2.77. The van der Waals surface area contributed by atoms with Crippen LogP contribution in [-0.2, 0) is 6.54 Å². The number of amides is 1. The number of hydrazone groups is 1. The number of benzene rings is 3. The molecule has 0 unspecified atom stereocenters. The summed E-state index contributed by atoms with van der Waals surface area (Å²) in [5, 5.41) is 13.8. The summed E-state index contributed by atoms with van der Waals surface area (Å²) >= 11 is 0. The number of para-hydroxylation sites is 1. The van der Waals surface area contributed by atoms with E-state index in [1.165, 1.54) is 23.3 Å². The maximum Gasteiger partial charge on any atom is 0.274 e. The average Bonchev–Trinajstić information content (AvgIpc) is 3.11. The quantitative estimate of drug-likeness (QED) is 0.380. The summed E-state index contributed by atoms with van der Waals surface area (Å²) in [6.07, 6.45) is 3.53. The molecule has 0 spiro atoms. The highest BCUT2D eigenvalue weighted by atomic mass is 19.1. The fourth-order valence-corrected chi connectivity index (χ4v) is 3.51. The SMILES string of the molecule is Cc1cccc(Cn2cc(/C=N\NC(=O)c3ccc(C#N)cc3F)c3ccccc32)c1. The van der Waals surface area contributed by atoms with Crippen LogP contribution in [0.25, 0.3) is 10.9 Å². The zero-order valence-electron chi connectivity index (χ0n) is 16.8. The number of carbonyl (C=O) groups is 1. The Morgan fingerprint density at radius 2 is 2.00 bits per heavy atom. The topological polar surface area (TPSA) is 70.2 Å². The van der Waals surface area contributed by atoms with Crippen molar-refractivity contribution >= 4 is 23.0 Å². The summed E-state index contributed by atoms with van der Waals surface area (Å²) in [5.41, 5.74) is 6.62. The van der Waals surface area contributed by atoms with Crippen LogP contribution in [-0.4, -0.2) is 16.7 Å². The third-order valence-corrected chi connectivity index (χ3v) is 4.97. The molecule has 6 heteroatoms. The third-order valence-electron chi connectivity index (χ3n) is 4.97. The van der Waals surface area contributed by atoms with Crippen molar-refractivity contribution in [2.24, 2.45) is 5.10 Å². The minimum absolute atomic E-state index is 0.152. The van der Waals surface area contributed by atoms with Gasteiger partial charge in [0.15, 0.2) is 0 Å². The molecule has 0 aliphatic heterocycles. The molecule has 0 fully saturated rings. The molecule has 1 heterocycles. The van der Waals surface area contributed by atoms with Gasteiger partial charge in [0.2, 0.25) is 0 Å². The number of carbonyl (C=O) groups excluding carboxylic acids is 1. The number of aromatic nitrogens is 1. The van der Waals surface area contributed by atoms with Gasteiger partial charge in [0.05, 0.1) is 23.4 Å². The van der Waals surface area contributed by atoms with Crippen LogP contribution in [0.2, 0.25) is 0 Å². The lowest BCUT2D eigenvalue weighted by atomic mass is 10.1. The van der Waals surface area contributed by atoms with E-state index < -0.39 is 11.7 Å². The van der Waals surface area contributed by atoms with E-state index in [9.17, 15) is 9.18 Å². The summed E-state index contributed by atoms with van der Waals surface area (Å²) in [6, 6.07) is 21.8. The number of hydrogen-bond donors (Lipinski definition) is 1. The van der Waals surface area contributed by atoms with Crippen LogP contribution in [0.1, 0.15) is 32.6 Å². The van der Waals surface area contributed by atoms with E-state index in [1.54, 1.807) is 6.21 Å². The zero-order valence-corrected chi connectivity index (χ0v) is 16.8. The van der Waals surface area contributed by atoms with Crippen LogP contribution in [0, 0.1) is 24.1 Å². The molecule has 31 heavy (non-hydrogen) atoms. The highest BCUT2D eigenvalue weighted by Crippen LogP contribution is 2.21. The van der Waals surface area contributed by atoms with E-state index >= 15 is 0 Å². The standard InChI is InChI=1S/C25H19FN4O/c1-17-5-4-6-19(11-17)15-30-16-20(21-7-2-3-8-24(21)30)14-28-29-25(31)22-10-9-18(13-27)12-23(22)26/h2-12,14,16H,15H2,1H3,(H,29,31)/b28-14-. The van der Waals surface area contributed by atoms with Crippen molar-refractivity contribution in [3.05, 3.63) is 107 Å². The molecule has 4 rings (SSSR count). The highest BCUT2D eigenvalue weighted by Gasteiger charge is 2.12. The summed E-state index contributed by atoms with van der Waals surface area (Å²) in [7, 11) is 0. The van der Waals surface area contributed by atoms with Crippen molar-refractivity contribution in [3.8, 4) is 6.07 Å². The summed E-state index contributed by atoms with van der Waals surface area (Å²) in [5.74, 6) is -1.44. The van der Waals surface area contributed by atoms with Crippen LogP contribution in [0.4, 0.5) is 4.39 Å². The average molecular weight is 410 g/mol. The molecular weight excluding hydrogens is 391 g/mol. The minimum Gasteiger partial charge on any atom is -0.342 e. The van der Waals surface area contributed by atoms with Crippen molar-refractivity contribution in [3.63, 3.8) is 0 Å². The Bertz CT molecular complexity index is 1350. The van der Waals surface area contributed by atoms with Crippen molar-refractivity contribution in [2.45, 2.75) is 13.5 Å². The highest BCUT2D eigenvalue weighted by molar-refractivity contribution is 6.00. The van der Waals surface area contributed by atoms with Gasteiger partial charge in [-0.05, 0) is 36.8 Å². The van der Waals surface area contributed by atoms with Gasteiger partial charge >= 0.3 is 0 Å². The predicted octanol–water partition coefficient (Wildman–Crippen LogP) is 4.77. The van der Waals surface area contributed by atoms with Gasteiger partial charge in [-0.3, -0.25) is 4.79 Å². The van der Waals surface area contributed by atoms with Crippen LogP contribution in [0.15, 0.2) is 78.0 Å². The summed E-state index contributed by atoms with van der Waals surface area (Å²) in [4.78, 5) is 12.2. The Balaban J connectivity index is 1.56.